The van der Waals surface area contributed by atoms with Gasteiger partial charge in [0.2, 0.25) is 0 Å². The standard InChI is InChI=1S/C14H25F2NO5S/c1-7-20-11(18)14(15,16)10(17-23(19)12(2,3)4)9-8-21-13(5,6)22-9/h9-10,17H,7-8H2,1-6H3/t9-,10-,23+/m1/s1. The van der Waals surface area contributed by atoms with Crippen molar-refractivity contribution in [3.05, 3.63) is 0 Å². The van der Waals surface area contributed by atoms with Crippen LogP contribution in [0, 0.1) is 0 Å². The van der Waals surface area contributed by atoms with E-state index in [4.69, 9.17) is 9.47 Å². The van der Waals surface area contributed by atoms with Gasteiger partial charge in [0, 0.05) is 0 Å². The fourth-order valence-corrected chi connectivity index (χ4v) is 2.79. The normalized spacial score (nSPS) is 24.3. The Hall–Kier alpha value is -0.640. The summed E-state index contributed by atoms with van der Waals surface area (Å²) in [6, 6.07) is -1.83. The van der Waals surface area contributed by atoms with Crippen molar-refractivity contribution in [2.24, 2.45) is 0 Å². The number of carbonyl (C=O) groups excluding carboxylic acids is 1. The maximum Gasteiger partial charge on any atom is 0.378 e. The van der Waals surface area contributed by atoms with Crippen molar-refractivity contribution in [3.8, 4) is 0 Å². The van der Waals surface area contributed by atoms with E-state index >= 15 is 0 Å². The number of rotatable bonds is 6. The molecule has 23 heavy (non-hydrogen) atoms. The first-order valence-electron chi connectivity index (χ1n) is 7.36. The summed E-state index contributed by atoms with van der Waals surface area (Å²) in [5.74, 6) is -6.65. The summed E-state index contributed by atoms with van der Waals surface area (Å²) < 4.78 is 58.0. The Bertz CT molecular complexity index is 465. The second-order valence-corrected chi connectivity index (χ2v) is 8.69. The van der Waals surface area contributed by atoms with Gasteiger partial charge in [-0.1, -0.05) is 0 Å². The molecule has 0 unspecified atom stereocenters. The first-order chi connectivity index (χ1) is 10.3. The van der Waals surface area contributed by atoms with Gasteiger partial charge in [0.15, 0.2) is 5.79 Å². The van der Waals surface area contributed by atoms with Gasteiger partial charge in [0.1, 0.15) is 12.1 Å². The Balaban J connectivity index is 3.06. The topological polar surface area (TPSA) is 73.9 Å². The minimum Gasteiger partial charge on any atom is -0.462 e. The number of hydrogen-bond acceptors (Lipinski definition) is 5. The van der Waals surface area contributed by atoms with Crippen molar-refractivity contribution >= 4 is 17.0 Å². The molecule has 0 aliphatic carbocycles. The van der Waals surface area contributed by atoms with Crippen molar-refractivity contribution in [2.45, 2.75) is 70.1 Å². The third-order valence-corrected chi connectivity index (χ3v) is 4.71. The second-order valence-electron chi connectivity index (χ2n) is 6.69. The zero-order chi connectivity index (χ0) is 18.1. The van der Waals surface area contributed by atoms with Gasteiger partial charge >= 0.3 is 11.9 Å². The van der Waals surface area contributed by atoms with Crippen LogP contribution in [-0.4, -0.2) is 52.0 Å². The van der Waals surface area contributed by atoms with E-state index in [9.17, 15) is 17.8 Å². The number of alkyl halides is 2. The molecule has 0 bridgehead atoms. The van der Waals surface area contributed by atoms with Gasteiger partial charge in [-0.15, -0.1) is 0 Å². The molecule has 1 fully saturated rings. The summed E-state index contributed by atoms with van der Waals surface area (Å²) in [7, 11) is -1.83. The van der Waals surface area contributed by atoms with E-state index in [1.165, 1.54) is 6.92 Å². The van der Waals surface area contributed by atoms with Gasteiger partial charge in [-0.05, 0) is 41.5 Å². The summed E-state index contributed by atoms with van der Waals surface area (Å²) in [6.07, 6.45) is -1.14. The van der Waals surface area contributed by atoms with Crippen LogP contribution in [0.1, 0.15) is 41.5 Å². The minimum atomic E-state index is -3.91. The molecule has 1 aliphatic rings. The van der Waals surface area contributed by atoms with E-state index < -0.39 is 45.6 Å². The number of hydrogen-bond donors (Lipinski definition) is 1. The number of esters is 1. The van der Waals surface area contributed by atoms with Crippen LogP contribution in [0.4, 0.5) is 8.78 Å². The molecule has 1 saturated heterocycles. The molecular formula is C14H25F2NO5S. The van der Waals surface area contributed by atoms with E-state index in [-0.39, 0.29) is 13.2 Å². The molecule has 1 rings (SSSR count). The molecule has 0 aromatic heterocycles. The average Bonchev–Trinajstić information content (AvgIpc) is 2.74. The monoisotopic (exact) mass is 357 g/mol. The van der Waals surface area contributed by atoms with E-state index in [0.29, 0.717) is 0 Å². The van der Waals surface area contributed by atoms with E-state index in [1.54, 1.807) is 34.6 Å². The van der Waals surface area contributed by atoms with Gasteiger partial charge in [0.05, 0.1) is 28.9 Å². The summed E-state index contributed by atoms with van der Waals surface area (Å²) in [4.78, 5) is 11.6. The third-order valence-electron chi connectivity index (χ3n) is 3.13. The largest absolute Gasteiger partial charge is 0.462 e. The lowest BCUT2D eigenvalue weighted by molar-refractivity contribution is -0.186. The molecule has 1 N–H and O–H groups in total. The van der Waals surface area contributed by atoms with Crippen LogP contribution in [0.15, 0.2) is 0 Å². The smallest absolute Gasteiger partial charge is 0.378 e. The molecule has 3 atom stereocenters. The zero-order valence-corrected chi connectivity index (χ0v) is 15.1. The number of halogens is 2. The Morgan fingerprint density at radius 3 is 2.39 bits per heavy atom. The molecule has 0 aromatic rings. The van der Waals surface area contributed by atoms with Crippen LogP contribution >= 0.6 is 0 Å². The Morgan fingerprint density at radius 1 is 1.43 bits per heavy atom. The van der Waals surface area contributed by atoms with Crippen molar-refractivity contribution in [3.63, 3.8) is 0 Å². The number of ether oxygens (including phenoxy) is 3. The Labute approximate surface area is 137 Å². The lowest BCUT2D eigenvalue weighted by atomic mass is 10.1. The molecule has 136 valence electrons. The predicted octanol–water partition coefficient (Wildman–Crippen LogP) is 1.76. The van der Waals surface area contributed by atoms with E-state index in [0.717, 1.165) is 0 Å². The number of carbonyl (C=O) groups is 1. The van der Waals surface area contributed by atoms with Crippen LogP contribution in [0.5, 0.6) is 0 Å². The fourth-order valence-electron chi connectivity index (χ4n) is 1.91. The fraction of sp³-hybridized carbons (Fsp3) is 0.929. The third kappa shape index (κ3) is 5.17. The lowest BCUT2D eigenvalue weighted by Gasteiger charge is -2.32. The lowest BCUT2D eigenvalue weighted by Crippen LogP contribution is -2.59. The van der Waals surface area contributed by atoms with Crippen molar-refractivity contribution < 1.29 is 32.0 Å². The van der Waals surface area contributed by atoms with E-state index in [2.05, 4.69) is 9.46 Å². The highest BCUT2D eigenvalue weighted by molar-refractivity contribution is 7.84. The SMILES string of the molecule is CCOC(=O)C(F)(F)[C@H](N[S@@](=O)C(C)(C)C)[C@H]1COC(C)(C)O1. The minimum absolute atomic E-state index is 0.152. The van der Waals surface area contributed by atoms with Crippen LogP contribution < -0.4 is 4.72 Å². The average molecular weight is 357 g/mol. The highest BCUT2D eigenvalue weighted by Crippen LogP contribution is 2.32. The first kappa shape index (κ1) is 20.4. The van der Waals surface area contributed by atoms with Crippen molar-refractivity contribution in [1.29, 1.82) is 0 Å². The Kier molecular flexibility index (Phi) is 6.28. The van der Waals surface area contributed by atoms with Crippen LogP contribution in [0.2, 0.25) is 0 Å². The van der Waals surface area contributed by atoms with Crippen molar-refractivity contribution in [2.75, 3.05) is 13.2 Å². The maximum absolute atomic E-state index is 14.5. The van der Waals surface area contributed by atoms with Gasteiger partial charge in [0.25, 0.3) is 0 Å². The summed E-state index contributed by atoms with van der Waals surface area (Å²) in [6.45, 7) is 9.14. The highest BCUT2D eigenvalue weighted by atomic mass is 32.2. The molecule has 0 radical (unpaired) electrons. The molecule has 1 aliphatic heterocycles. The molecule has 0 aromatic carbocycles. The zero-order valence-electron chi connectivity index (χ0n) is 14.3. The second kappa shape index (κ2) is 7.08. The summed E-state index contributed by atoms with van der Waals surface area (Å²) in [5.41, 5.74) is 0. The predicted molar refractivity (Wildman–Crippen MR) is 81.3 cm³/mol. The van der Waals surface area contributed by atoms with E-state index in [1.807, 2.05) is 0 Å². The van der Waals surface area contributed by atoms with Gasteiger partial charge in [-0.2, -0.15) is 8.78 Å². The molecular weight excluding hydrogens is 332 g/mol. The molecule has 0 spiro atoms. The Morgan fingerprint density at radius 2 is 2.00 bits per heavy atom. The van der Waals surface area contributed by atoms with Crippen LogP contribution in [0.3, 0.4) is 0 Å². The molecule has 0 amide bonds. The summed E-state index contributed by atoms with van der Waals surface area (Å²) >= 11 is 0. The van der Waals surface area contributed by atoms with Gasteiger partial charge in [-0.3, -0.25) is 0 Å². The first-order valence-corrected chi connectivity index (χ1v) is 8.51. The van der Waals surface area contributed by atoms with Crippen molar-refractivity contribution in [1.82, 2.24) is 4.72 Å². The quantitative estimate of drug-likeness (QED) is 0.733. The van der Waals surface area contributed by atoms with Crippen LogP contribution in [0.25, 0.3) is 0 Å². The molecule has 9 heteroatoms. The van der Waals surface area contributed by atoms with Gasteiger partial charge in [-0.25, -0.2) is 13.7 Å². The molecule has 0 saturated carbocycles. The number of nitrogens with one attached hydrogen (secondary N) is 1. The van der Waals surface area contributed by atoms with Gasteiger partial charge < -0.3 is 14.2 Å². The highest BCUT2D eigenvalue weighted by Gasteiger charge is 2.56. The maximum atomic E-state index is 14.5. The van der Waals surface area contributed by atoms with Crippen LogP contribution in [-0.2, 0) is 30.0 Å². The molecule has 6 nitrogen and oxygen atoms in total. The molecule has 1 heterocycles. The summed E-state index contributed by atoms with van der Waals surface area (Å²) in [5, 5.41) is 0.